The van der Waals surface area contributed by atoms with Gasteiger partial charge in [-0.05, 0) is 31.5 Å². The summed E-state index contributed by atoms with van der Waals surface area (Å²) < 4.78 is 1.30. The van der Waals surface area contributed by atoms with E-state index < -0.39 is 11.2 Å². The molecule has 0 aliphatic rings. The Hall–Kier alpha value is -2.21. The van der Waals surface area contributed by atoms with E-state index in [2.05, 4.69) is 10.3 Å². The molecule has 2 aromatic rings. The monoisotopic (exact) mass is 308 g/mol. The smallest absolute Gasteiger partial charge is 0.330 e. The molecule has 1 atom stereocenters. The molecular weight excluding hydrogens is 292 g/mol. The van der Waals surface area contributed by atoms with Gasteiger partial charge in [0, 0.05) is 17.6 Å². The first-order valence-corrected chi connectivity index (χ1v) is 6.96. The Bertz CT molecular complexity index is 766. The van der Waals surface area contributed by atoms with Crippen molar-refractivity contribution in [1.82, 2.24) is 9.55 Å². The highest BCUT2D eigenvalue weighted by Gasteiger charge is 2.14. The predicted octanol–water partition coefficient (Wildman–Crippen LogP) is 1.97. The summed E-state index contributed by atoms with van der Waals surface area (Å²) in [6.45, 7) is 4.04. The van der Waals surface area contributed by atoms with E-state index in [4.69, 9.17) is 17.3 Å². The van der Waals surface area contributed by atoms with Crippen LogP contribution < -0.4 is 22.3 Å². The van der Waals surface area contributed by atoms with Crippen molar-refractivity contribution >= 4 is 23.1 Å². The Labute approximate surface area is 126 Å². The van der Waals surface area contributed by atoms with Gasteiger partial charge < -0.3 is 11.1 Å². The van der Waals surface area contributed by atoms with Crippen LogP contribution in [-0.2, 0) is 6.54 Å². The van der Waals surface area contributed by atoms with E-state index in [9.17, 15) is 9.59 Å². The Morgan fingerprint density at radius 2 is 2.14 bits per heavy atom. The average molecular weight is 309 g/mol. The number of H-pyrrole nitrogens is 1. The quantitative estimate of drug-likeness (QED) is 0.805. The zero-order valence-corrected chi connectivity index (χ0v) is 12.6. The Morgan fingerprint density at radius 3 is 2.76 bits per heavy atom. The standard InChI is InChI=1S/C14H17ClN4O2/c1-3-19-12(16)11(13(20)18-14(19)21)17-8(2)9-5-4-6-10(15)7-9/h4-8,17H,3,16H2,1-2H3,(H,18,20,21). The topological polar surface area (TPSA) is 92.9 Å². The van der Waals surface area contributed by atoms with Crippen molar-refractivity contribution in [1.29, 1.82) is 0 Å². The maximum absolute atomic E-state index is 11.9. The van der Waals surface area contributed by atoms with Gasteiger partial charge in [-0.1, -0.05) is 23.7 Å². The number of rotatable bonds is 4. The van der Waals surface area contributed by atoms with Crippen LogP contribution in [0.1, 0.15) is 25.5 Å². The van der Waals surface area contributed by atoms with Crippen molar-refractivity contribution in [3.05, 3.63) is 55.7 Å². The molecule has 0 radical (unpaired) electrons. The molecule has 0 fully saturated rings. The van der Waals surface area contributed by atoms with Crippen molar-refractivity contribution in [2.24, 2.45) is 0 Å². The fraction of sp³-hybridized carbons (Fsp3) is 0.286. The normalized spacial score (nSPS) is 12.1. The SMILES string of the molecule is CCn1c(N)c(NC(C)c2cccc(Cl)c2)c(=O)[nH]c1=O. The van der Waals surface area contributed by atoms with Crippen LogP contribution in [0.2, 0.25) is 5.02 Å². The molecule has 0 bridgehead atoms. The molecule has 6 nitrogen and oxygen atoms in total. The van der Waals surface area contributed by atoms with Crippen molar-refractivity contribution in [3.8, 4) is 0 Å². The number of aromatic nitrogens is 2. The van der Waals surface area contributed by atoms with Gasteiger partial charge in [0.2, 0.25) is 0 Å². The van der Waals surface area contributed by atoms with Gasteiger partial charge in [-0.3, -0.25) is 14.3 Å². The van der Waals surface area contributed by atoms with Gasteiger partial charge in [-0.15, -0.1) is 0 Å². The highest BCUT2D eigenvalue weighted by molar-refractivity contribution is 6.30. The summed E-state index contributed by atoms with van der Waals surface area (Å²) in [7, 11) is 0. The second-order valence-corrected chi connectivity index (χ2v) is 5.12. The molecule has 0 aliphatic carbocycles. The van der Waals surface area contributed by atoms with E-state index in [1.165, 1.54) is 4.57 Å². The summed E-state index contributed by atoms with van der Waals surface area (Å²) >= 11 is 5.96. The molecule has 0 amide bonds. The van der Waals surface area contributed by atoms with E-state index >= 15 is 0 Å². The van der Waals surface area contributed by atoms with E-state index in [-0.39, 0.29) is 17.5 Å². The highest BCUT2D eigenvalue weighted by atomic mass is 35.5. The number of nitrogens with zero attached hydrogens (tertiary/aromatic N) is 1. The van der Waals surface area contributed by atoms with Crippen LogP contribution in [0.15, 0.2) is 33.9 Å². The number of hydrogen-bond donors (Lipinski definition) is 3. The van der Waals surface area contributed by atoms with Crippen molar-refractivity contribution < 1.29 is 0 Å². The average Bonchev–Trinajstić information content (AvgIpc) is 2.43. The van der Waals surface area contributed by atoms with Gasteiger partial charge in [0.25, 0.3) is 5.56 Å². The molecular formula is C14H17ClN4O2. The molecule has 0 aliphatic heterocycles. The van der Waals surface area contributed by atoms with Gasteiger partial charge in [0.05, 0.1) is 0 Å². The molecule has 1 aromatic heterocycles. The maximum atomic E-state index is 11.9. The van der Waals surface area contributed by atoms with Crippen LogP contribution in [0, 0.1) is 0 Å². The molecule has 112 valence electrons. The van der Waals surface area contributed by atoms with Crippen molar-refractivity contribution in [2.45, 2.75) is 26.4 Å². The fourth-order valence-electron chi connectivity index (χ4n) is 2.12. The van der Waals surface area contributed by atoms with Crippen LogP contribution in [0.25, 0.3) is 0 Å². The largest absolute Gasteiger partial charge is 0.383 e. The summed E-state index contributed by atoms with van der Waals surface area (Å²) in [6, 6.07) is 7.12. The number of benzene rings is 1. The van der Waals surface area contributed by atoms with E-state index in [0.29, 0.717) is 11.6 Å². The zero-order valence-electron chi connectivity index (χ0n) is 11.8. The van der Waals surface area contributed by atoms with Gasteiger partial charge in [-0.25, -0.2) is 4.79 Å². The lowest BCUT2D eigenvalue weighted by molar-refractivity contribution is 0.703. The van der Waals surface area contributed by atoms with Gasteiger partial charge in [-0.2, -0.15) is 0 Å². The van der Waals surface area contributed by atoms with Crippen LogP contribution in [0.5, 0.6) is 0 Å². The summed E-state index contributed by atoms with van der Waals surface area (Å²) in [6.07, 6.45) is 0. The minimum atomic E-state index is -0.531. The number of nitrogens with two attached hydrogens (primary N) is 1. The lowest BCUT2D eigenvalue weighted by atomic mass is 10.1. The lowest BCUT2D eigenvalue weighted by Crippen LogP contribution is -2.34. The number of halogens is 1. The van der Waals surface area contributed by atoms with E-state index in [0.717, 1.165) is 5.56 Å². The second kappa shape index (κ2) is 6.05. The van der Waals surface area contributed by atoms with E-state index in [1.54, 1.807) is 19.1 Å². The van der Waals surface area contributed by atoms with Crippen LogP contribution in [0.3, 0.4) is 0 Å². The molecule has 0 saturated carbocycles. The number of nitrogens with one attached hydrogen (secondary N) is 2. The van der Waals surface area contributed by atoms with Crippen LogP contribution >= 0.6 is 11.6 Å². The first-order chi connectivity index (χ1) is 9.93. The first kappa shape index (κ1) is 15.2. The third kappa shape index (κ3) is 3.11. The Balaban J connectivity index is 2.40. The molecule has 1 aromatic carbocycles. The van der Waals surface area contributed by atoms with E-state index in [1.807, 2.05) is 19.1 Å². The Morgan fingerprint density at radius 1 is 1.43 bits per heavy atom. The van der Waals surface area contributed by atoms with Gasteiger partial charge in [0.1, 0.15) is 11.5 Å². The Kier molecular flexibility index (Phi) is 4.37. The number of nitrogen functional groups attached to an aromatic ring is 1. The molecule has 4 N–H and O–H groups in total. The van der Waals surface area contributed by atoms with Crippen LogP contribution in [0.4, 0.5) is 11.5 Å². The summed E-state index contributed by atoms with van der Waals surface area (Å²) in [5.74, 6) is 0.125. The molecule has 1 heterocycles. The lowest BCUT2D eigenvalue weighted by Gasteiger charge is -2.18. The summed E-state index contributed by atoms with van der Waals surface area (Å²) in [4.78, 5) is 25.8. The summed E-state index contributed by atoms with van der Waals surface area (Å²) in [5, 5.41) is 3.65. The molecule has 0 spiro atoms. The van der Waals surface area contributed by atoms with Crippen molar-refractivity contribution in [3.63, 3.8) is 0 Å². The predicted molar refractivity (Wildman–Crippen MR) is 84.9 cm³/mol. The maximum Gasteiger partial charge on any atom is 0.330 e. The van der Waals surface area contributed by atoms with Gasteiger partial charge in [0.15, 0.2) is 0 Å². The van der Waals surface area contributed by atoms with Crippen LogP contribution in [-0.4, -0.2) is 9.55 Å². The fourth-order valence-corrected chi connectivity index (χ4v) is 2.32. The number of aromatic amines is 1. The number of anilines is 2. The zero-order chi connectivity index (χ0) is 15.6. The third-order valence-corrected chi connectivity index (χ3v) is 3.50. The molecule has 7 heteroatoms. The highest BCUT2D eigenvalue weighted by Crippen LogP contribution is 2.22. The minimum absolute atomic E-state index is 0.125. The third-order valence-electron chi connectivity index (χ3n) is 3.27. The first-order valence-electron chi connectivity index (χ1n) is 6.58. The van der Waals surface area contributed by atoms with Gasteiger partial charge >= 0.3 is 5.69 Å². The molecule has 2 rings (SSSR count). The minimum Gasteiger partial charge on any atom is -0.383 e. The molecule has 1 unspecified atom stereocenters. The second-order valence-electron chi connectivity index (χ2n) is 4.68. The molecule has 0 saturated heterocycles. The van der Waals surface area contributed by atoms with Crippen molar-refractivity contribution in [2.75, 3.05) is 11.1 Å². The summed E-state index contributed by atoms with van der Waals surface area (Å²) in [5.41, 5.74) is 5.96. The number of hydrogen-bond acceptors (Lipinski definition) is 4. The molecule has 21 heavy (non-hydrogen) atoms.